The van der Waals surface area contributed by atoms with E-state index in [4.69, 9.17) is 4.74 Å². The van der Waals surface area contributed by atoms with Crippen molar-refractivity contribution >= 4 is 29.2 Å². The largest absolute Gasteiger partial charge is 0.457 e. The number of carbonyl (C=O) groups excluding carboxylic acids is 2. The molecule has 1 aliphatic heterocycles. The molecule has 0 radical (unpaired) electrons. The van der Waals surface area contributed by atoms with Crippen molar-refractivity contribution in [3.63, 3.8) is 0 Å². The Labute approximate surface area is 207 Å². The maximum atomic E-state index is 13.1. The molecule has 7 heteroatoms. The van der Waals surface area contributed by atoms with Crippen LogP contribution >= 0.6 is 11.3 Å². The van der Waals surface area contributed by atoms with Gasteiger partial charge in [0.15, 0.2) is 0 Å². The summed E-state index contributed by atoms with van der Waals surface area (Å²) in [6, 6.07) is 0. The van der Waals surface area contributed by atoms with E-state index >= 15 is 0 Å². The van der Waals surface area contributed by atoms with Gasteiger partial charge < -0.3 is 14.9 Å². The fraction of sp³-hybridized carbons (Fsp3) is 0.593. The standard InChI is InChI=1S/C27H39NO5S/c1-16-9-8-10-17(2)25(31)19(4)26(32)27(6,7)23(29)14-24(30)33-22(12-11-16)18(3)13-21-15-34-20(5)28-21/h8,10-11,13,15,17,19,22-23,25,29,31H,9,12,14H2,1-7H3/b10-8+,16-11+,18-13+/t17-,19+,22?,23-,25-/m0/s1. The topological polar surface area (TPSA) is 96.7 Å². The van der Waals surface area contributed by atoms with Crippen LogP contribution in [0, 0.1) is 24.2 Å². The Morgan fingerprint density at radius 2 is 1.91 bits per heavy atom. The molecular weight excluding hydrogens is 450 g/mol. The molecule has 2 rings (SSSR count). The van der Waals surface area contributed by atoms with Gasteiger partial charge in [-0.2, -0.15) is 0 Å². The summed E-state index contributed by atoms with van der Waals surface area (Å²) in [5.74, 6) is -1.77. The van der Waals surface area contributed by atoms with Gasteiger partial charge in [0, 0.05) is 23.6 Å². The van der Waals surface area contributed by atoms with Crippen LogP contribution in [0.25, 0.3) is 6.08 Å². The fourth-order valence-corrected chi connectivity index (χ4v) is 4.62. The minimum atomic E-state index is -1.23. The highest BCUT2D eigenvalue weighted by Crippen LogP contribution is 2.31. The van der Waals surface area contributed by atoms with Crippen LogP contribution < -0.4 is 0 Å². The van der Waals surface area contributed by atoms with E-state index in [1.807, 2.05) is 57.4 Å². The number of nitrogens with zero attached hydrogens (tertiary/aromatic N) is 1. The van der Waals surface area contributed by atoms with Gasteiger partial charge in [0.1, 0.15) is 11.9 Å². The van der Waals surface area contributed by atoms with Gasteiger partial charge in [-0.15, -0.1) is 11.3 Å². The minimum Gasteiger partial charge on any atom is -0.457 e. The number of carbonyl (C=O) groups is 2. The molecule has 0 bridgehead atoms. The van der Waals surface area contributed by atoms with Crippen molar-refractivity contribution in [2.24, 2.45) is 17.3 Å². The molecule has 1 aromatic heterocycles. The summed E-state index contributed by atoms with van der Waals surface area (Å²) in [6.07, 6.45) is 6.13. The number of cyclic esters (lactones) is 1. The molecule has 6 nitrogen and oxygen atoms in total. The number of ketones is 1. The summed E-state index contributed by atoms with van der Waals surface area (Å²) in [4.78, 5) is 30.4. The number of rotatable bonds is 2. The van der Waals surface area contributed by atoms with Gasteiger partial charge in [0.05, 0.1) is 34.7 Å². The molecule has 0 amide bonds. The lowest BCUT2D eigenvalue weighted by atomic mass is 9.73. The average Bonchev–Trinajstić information content (AvgIpc) is 3.18. The van der Waals surface area contributed by atoms with E-state index < -0.39 is 35.6 Å². The normalized spacial score (nSPS) is 32.6. The summed E-state index contributed by atoms with van der Waals surface area (Å²) in [6.45, 7) is 12.6. The lowest BCUT2D eigenvalue weighted by Crippen LogP contribution is -2.45. The van der Waals surface area contributed by atoms with Crippen molar-refractivity contribution < 1.29 is 24.5 Å². The molecule has 1 aromatic rings. The number of ether oxygens (including phenoxy) is 1. The highest BCUT2D eigenvalue weighted by Gasteiger charge is 2.42. The first-order chi connectivity index (χ1) is 15.8. The van der Waals surface area contributed by atoms with Crippen molar-refractivity contribution in [2.45, 2.75) is 86.0 Å². The van der Waals surface area contributed by atoms with Gasteiger partial charge in [-0.3, -0.25) is 9.59 Å². The number of aryl methyl sites for hydroxylation is 1. The highest BCUT2D eigenvalue weighted by molar-refractivity contribution is 7.09. The van der Waals surface area contributed by atoms with E-state index in [0.29, 0.717) is 12.8 Å². The quantitative estimate of drug-likeness (QED) is 0.446. The molecule has 2 heterocycles. The number of allylic oxidation sites excluding steroid dienone is 2. The van der Waals surface area contributed by atoms with Gasteiger partial charge in [0.25, 0.3) is 0 Å². The smallest absolute Gasteiger partial charge is 0.309 e. The molecule has 188 valence electrons. The number of aliphatic hydroxyl groups excluding tert-OH is 2. The molecule has 0 aromatic carbocycles. The average molecular weight is 490 g/mol. The van der Waals surface area contributed by atoms with Crippen LogP contribution in [0.1, 0.15) is 71.5 Å². The van der Waals surface area contributed by atoms with Gasteiger partial charge >= 0.3 is 5.97 Å². The van der Waals surface area contributed by atoms with Crippen LogP contribution in [0.5, 0.6) is 0 Å². The maximum Gasteiger partial charge on any atom is 0.309 e. The van der Waals surface area contributed by atoms with E-state index in [1.54, 1.807) is 32.1 Å². The first-order valence-electron chi connectivity index (χ1n) is 11.9. The number of hydrogen-bond acceptors (Lipinski definition) is 7. The summed E-state index contributed by atoms with van der Waals surface area (Å²) in [7, 11) is 0. The van der Waals surface area contributed by atoms with Crippen LogP contribution in [0.15, 0.2) is 34.8 Å². The first-order valence-corrected chi connectivity index (χ1v) is 12.7. The van der Waals surface area contributed by atoms with E-state index in [-0.39, 0.29) is 18.1 Å². The van der Waals surface area contributed by atoms with Crippen LogP contribution in [0.3, 0.4) is 0 Å². The number of Topliss-reactive ketones (excluding diaryl/α,β-unsaturated/α-hetero) is 1. The molecule has 0 aliphatic carbocycles. The Kier molecular flexibility index (Phi) is 9.97. The van der Waals surface area contributed by atoms with Gasteiger partial charge in [0.2, 0.25) is 0 Å². The summed E-state index contributed by atoms with van der Waals surface area (Å²) in [5, 5.41) is 24.4. The zero-order valence-electron chi connectivity index (χ0n) is 21.4. The second-order valence-corrected chi connectivity index (χ2v) is 11.1. The van der Waals surface area contributed by atoms with E-state index in [0.717, 1.165) is 21.8 Å². The molecule has 1 aliphatic rings. The van der Waals surface area contributed by atoms with Gasteiger partial charge in [-0.25, -0.2) is 4.98 Å². The SMILES string of the molecule is C/C1=C\CC(/C(C)=C/c2csc(C)n2)OC(=O)C[C@H](O)C(C)(C)C(=O)[C@H](C)[C@@H](O)[C@@H](C)/C=C/C1. The molecule has 0 spiro atoms. The van der Waals surface area contributed by atoms with E-state index in [1.165, 1.54) is 0 Å². The number of aliphatic hydroxyl groups is 2. The molecule has 0 saturated heterocycles. The highest BCUT2D eigenvalue weighted by atomic mass is 32.1. The Morgan fingerprint density at radius 1 is 1.24 bits per heavy atom. The van der Waals surface area contributed by atoms with Crippen LogP contribution in [-0.4, -0.2) is 45.3 Å². The number of esters is 1. The molecular formula is C27H39NO5S. The lowest BCUT2D eigenvalue weighted by Gasteiger charge is -2.34. The van der Waals surface area contributed by atoms with Crippen molar-refractivity contribution in [3.8, 4) is 0 Å². The maximum absolute atomic E-state index is 13.1. The zero-order valence-corrected chi connectivity index (χ0v) is 22.2. The first kappa shape index (κ1) is 28.1. The monoisotopic (exact) mass is 489 g/mol. The number of thiazole rings is 1. The van der Waals surface area contributed by atoms with Crippen molar-refractivity contribution in [2.75, 3.05) is 0 Å². The van der Waals surface area contributed by atoms with Crippen LogP contribution in [0.2, 0.25) is 0 Å². The van der Waals surface area contributed by atoms with Crippen LogP contribution in [0.4, 0.5) is 0 Å². The zero-order chi connectivity index (χ0) is 25.6. The predicted octanol–water partition coefficient (Wildman–Crippen LogP) is 5.04. The van der Waals surface area contributed by atoms with E-state index in [2.05, 4.69) is 4.98 Å². The Bertz CT molecular complexity index is 958. The third-order valence-corrected chi connectivity index (χ3v) is 7.44. The summed E-state index contributed by atoms with van der Waals surface area (Å²) < 4.78 is 5.79. The predicted molar refractivity (Wildman–Crippen MR) is 136 cm³/mol. The molecule has 34 heavy (non-hydrogen) atoms. The summed E-state index contributed by atoms with van der Waals surface area (Å²) in [5.41, 5.74) is 1.57. The number of aromatic nitrogens is 1. The second-order valence-electron chi connectivity index (χ2n) is 10.0. The third kappa shape index (κ3) is 7.45. The molecule has 2 N–H and O–H groups in total. The molecule has 0 saturated carbocycles. The van der Waals surface area contributed by atoms with Crippen molar-refractivity contribution in [3.05, 3.63) is 45.5 Å². The summed E-state index contributed by atoms with van der Waals surface area (Å²) >= 11 is 1.56. The minimum absolute atomic E-state index is 0.225. The van der Waals surface area contributed by atoms with Crippen LogP contribution in [-0.2, 0) is 14.3 Å². The fourth-order valence-electron chi connectivity index (χ4n) is 4.05. The lowest BCUT2D eigenvalue weighted by molar-refractivity contribution is -0.154. The Morgan fingerprint density at radius 3 is 2.53 bits per heavy atom. The van der Waals surface area contributed by atoms with Gasteiger partial charge in [-0.1, -0.05) is 51.5 Å². The molecule has 5 atom stereocenters. The number of hydrogen-bond donors (Lipinski definition) is 2. The third-order valence-electron chi connectivity index (χ3n) is 6.65. The van der Waals surface area contributed by atoms with Crippen molar-refractivity contribution in [1.82, 2.24) is 4.98 Å². The Balaban J connectivity index is 2.37. The van der Waals surface area contributed by atoms with E-state index in [9.17, 15) is 19.8 Å². The Hall–Kier alpha value is -2.09. The van der Waals surface area contributed by atoms with Gasteiger partial charge in [-0.05, 0) is 38.8 Å². The second kappa shape index (κ2) is 12.0. The molecule has 0 fully saturated rings. The van der Waals surface area contributed by atoms with Crippen molar-refractivity contribution in [1.29, 1.82) is 0 Å². The molecule has 1 unspecified atom stereocenters.